The van der Waals surface area contributed by atoms with Crippen LogP contribution in [0.3, 0.4) is 0 Å². The average Bonchev–Trinajstić information content (AvgIpc) is 4.15. The van der Waals surface area contributed by atoms with Crippen LogP contribution in [0.5, 0.6) is 0 Å². The van der Waals surface area contributed by atoms with E-state index in [1.165, 1.54) is 35.4 Å². The molecule has 2 fully saturated rings. The Morgan fingerprint density at radius 3 is 1.40 bits per heavy atom. The van der Waals surface area contributed by atoms with Gasteiger partial charge in [0, 0.05) is 32.4 Å². The highest BCUT2D eigenvalue weighted by molar-refractivity contribution is 7.17. The molecule has 0 unspecified atom stereocenters. The molecule has 312 valence electrons. The molecule has 4 aliphatic carbocycles. The summed E-state index contributed by atoms with van der Waals surface area (Å²) in [5.41, 5.74) is 9.85. The second-order valence-electron chi connectivity index (χ2n) is 17.9. The third-order valence-corrected chi connectivity index (χ3v) is 16.5. The number of aromatic nitrogens is 4. The minimum atomic E-state index is -0.985. The Kier molecular flexibility index (Phi) is 9.54. The molecule has 4 nitrogen and oxygen atoms in total. The molecule has 4 aromatic carbocycles. The normalized spacial score (nSPS) is 23.5. The molecule has 0 aliphatic heterocycles. The van der Waals surface area contributed by atoms with Crippen molar-refractivity contribution in [1.29, 1.82) is 0 Å². The van der Waals surface area contributed by atoms with Gasteiger partial charge >= 0.3 is 0 Å². The number of benzene rings is 4. The molecule has 0 N–H and O–H groups in total. The lowest BCUT2D eigenvalue weighted by molar-refractivity contribution is 0.137. The lowest BCUT2D eigenvalue weighted by Crippen LogP contribution is -2.31. The highest BCUT2D eigenvalue weighted by atomic mass is 32.1. The Morgan fingerprint density at radius 1 is 0.581 bits per heavy atom. The molecule has 8 aromatic rings. The molecule has 2 saturated carbocycles. The number of nitrogens with zero attached hydrogens (tertiary/aromatic N) is 4. The van der Waals surface area contributed by atoms with Gasteiger partial charge in [0.1, 0.15) is 24.0 Å². The number of hydrogen-bond acceptors (Lipinski definition) is 4. The van der Waals surface area contributed by atoms with Crippen molar-refractivity contribution < 1.29 is 17.6 Å². The number of rotatable bonds is 6. The quantitative estimate of drug-likeness (QED) is 0.156. The van der Waals surface area contributed by atoms with E-state index >= 15 is 8.78 Å². The Morgan fingerprint density at radius 2 is 0.984 bits per heavy atom. The summed E-state index contributed by atoms with van der Waals surface area (Å²) in [5, 5.41) is 15.2. The van der Waals surface area contributed by atoms with E-state index in [0.29, 0.717) is 0 Å². The summed E-state index contributed by atoms with van der Waals surface area (Å²) in [5.74, 6) is -0.633. The maximum Gasteiger partial charge on any atom is 0.130 e. The zero-order valence-corrected chi connectivity index (χ0v) is 36.0. The zero-order chi connectivity index (χ0) is 42.3. The van der Waals surface area contributed by atoms with Gasteiger partial charge in [-0.2, -0.15) is 10.2 Å². The molecule has 4 aliphatic rings. The molecule has 0 bridgehead atoms. The summed E-state index contributed by atoms with van der Waals surface area (Å²) in [7, 11) is 0. The van der Waals surface area contributed by atoms with Gasteiger partial charge in [-0.15, -0.1) is 22.7 Å². The van der Waals surface area contributed by atoms with Crippen molar-refractivity contribution >= 4 is 55.0 Å². The van der Waals surface area contributed by atoms with Crippen LogP contribution >= 0.6 is 22.7 Å². The van der Waals surface area contributed by atoms with Crippen molar-refractivity contribution in [2.24, 2.45) is 22.7 Å². The molecule has 0 radical (unpaired) electrons. The van der Waals surface area contributed by atoms with Crippen molar-refractivity contribution in [3.05, 3.63) is 177 Å². The molecule has 4 heterocycles. The minimum absolute atomic E-state index is 0.0564. The van der Waals surface area contributed by atoms with Crippen molar-refractivity contribution in [1.82, 2.24) is 19.6 Å². The number of hydrogen-bond donors (Lipinski definition) is 0. The fourth-order valence-corrected chi connectivity index (χ4v) is 13.1. The predicted molar refractivity (Wildman–Crippen MR) is 243 cm³/mol. The van der Waals surface area contributed by atoms with Crippen molar-refractivity contribution in [3.8, 4) is 11.4 Å². The van der Waals surface area contributed by atoms with E-state index in [-0.39, 0.29) is 34.3 Å². The molecule has 0 spiro atoms. The lowest BCUT2D eigenvalue weighted by atomic mass is 9.67. The lowest BCUT2D eigenvalue weighted by Gasteiger charge is -2.37. The first-order valence-electron chi connectivity index (χ1n) is 21.4. The number of fused-ring (bicyclic) bond motifs is 6. The predicted octanol–water partition coefficient (Wildman–Crippen LogP) is 14.6. The van der Waals surface area contributed by atoms with Crippen molar-refractivity contribution in [3.63, 3.8) is 0 Å². The monoisotopic (exact) mass is 864 g/mol. The van der Waals surface area contributed by atoms with Crippen LogP contribution in [0.2, 0.25) is 0 Å². The third kappa shape index (κ3) is 6.35. The summed E-state index contributed by atoms with van der Waals surface area (Å²) in [6.45, 7) is 4.44. The summed E-state index contributed by atoms with van der Waals surface area (Å²) in [4.78, 5) is 0. The molecule has 0 amide bonds. The summed E-state index contributed by atoms with van der Waals surface area (Å²) < 4.78 is 64.8. The number of halogens is 4. The van der Waals surface area contributed by atoms with Gasteiger partial charge in [-0.3, -0.25) is 0 Å². The Labute approximate surface area is 365 Å². The van der Waals surface area contributed by atoms with E-state index in [1.807, 2.05) is 68.9 Å². The van der Waals surface area contributed by atoms with Crippen LogP contribution in [0.1, 0.15) is 85.5 Å². The SMILES string of the molecule is C[C@]12Cc3cnn(-c4ccc(F)cc4)c3C=C1CC[C@@H]2[C@@H](F)c1csc2ccccc12.C[C@]12Cc3cnn(-c4ccc(F)cc4)c3C=C1CC[C@@H]2[C@H](F)c1csc2ccccc12. The zero-order valence-electron chi connectivity index (χ0n) is 34.4. The second kappa shape index (κ2) is 15.1. The van der Waals surface area contributed by atoms with Crippen LogP contribution < -0.4 is 0 Å². The maximum absolute atomic E-state index is 16.0. The van der Waals surface area contributed by atoms with Crippen LogP contribution in [0.25, 0.3) is 43.7 Å². The van der Waals surface area contributed by atoms with Crippen LogP contribution in [-0.4, -0.2) is 19.6 Å². The largest absolute Gasteiger partial charge is 0.242 e. The van der Waals surface area contributed by atoms with E-state index in [9.17, 15) is 8.78 Å². The van der Waals surface area contributed by atoms with E-state index in [0.717, 1.165) is 104 Å². The van der Waals surface area contributed by atoms with Gasteiger partial charge in [-0.05, 0) is 155 Å². The van der Waals surface area contributed by atoms with Crippen LogP contribution in [-0.2, 0) is 12.8 Å². The van der Waals surface area contributed by atoms with E-state index in [2.05, 4.69) is 48.3 Å². The number of alkyl halides is 2. The molecule has 4 aromatic heterocycles. The molecule has 62 heavy (non-hydrogen) atoms. The van der Waals surface area contributed by atoms with E-state index in [4.69, 9.17) is 0 Å². The first-order chi connectivity index (χ1) is 30.1. The fraction of sp³-hybridized carbons (Fsp3) is 0.269. The minimum Gasteiger partial charge on any atom is -0.242 e. The van der Waals surface area contributed by atoms with Gasteiger partial charge in [0.25, 0.3) is 0 Å². The highest BCUT2D eigenvalue weighted by Crippen LogP contribution is 2.60. The van der Waals surface area contributed by atoms with Crippen molar-refractivity contribution in [2.75, 3.05) is 0 Å². The molecular formula is C52H44F4N4S2. The summed E-state index contributed by atoms with van der Waals surface area (Å²) in [6.07, 6.45) is 11.3. The average molecular weight is 865 g/mol. The van der Waals surface area contributed by atoms with Crippen molar-refractivity contribution in [2.45, 2.75) is 64.7 Å². The number of allylic oxidation sites excluding steroid dienone is 2. The smallest absolute Gasteiger partial charge is 0.130 e. The van der Waals surface area contributed by atoms with Gasteiger partial charge in [-0.1, -0.05) is 61.4 Å². The second-order valence-corrected chi connectivity index (χ2v) is 19.7. The first-order valence-corrected chi connectivity index (χ1v) is 23.1. The fourth-order valence-electron chi connectivity index (χ4n) is 11.1. The molecule has 12 rings (SSSR count). The molecule has 10 heteroatoms. The first kappa shape index (κ1) is 39.3. The van der Waals surface area contributed by atoms with Crippen LogP contribution in [0.15, 0.2) is 131 Å². The molecule has 6 atom stereocenters. The Bertz CT molecular complexity index is 2840. The van der Waals surface area contributed by atoms with Crippen LogP contribution in [0.4, 0.5) is 17.6 Å². The third-order valence-electron chi connectivity index (χ3n) is 14.5. The molecular weight excluding hydrogens is 821 g/mol. The topological polar surface area (TPSA) is 35.6 Å². The Hall–Kier alpha value is -5.58. The Balaban J connectivity index is 0.000000139. The van der Waals surface area contributed by atoms with E-state index in [1.54, 1.807) is 46.9 Å². The van der Waals surface area contributed by atoms with Gasteiger partial charge in [-0.25, -0.2) is 26.9 Å². The summed E-state index contributed by atoms with van der Waals surface area (Å²) in [6, 6.07) is 29.0. The van der Waals surface area contributed by atoms with Gasteiger partial charge in [0.2, 0.25) is 0 Å². The maximum atomic E-state index is 16.0. The van der Waals surface area contributed by atoms with E-state index < -0.39 is 12.3 Å². The van der Waals surface area contributed by atoms with Gasteiger partial charge < -0.3 is 0 Å². The highest BCUT2D eigenvalue weighted by Gasteiger charge is 2.51. The summed E-state index contributed by atoms with van der Waals surface area (Å²) >= 11 is 3.25. The standard InChI is InChI=1S/2C26H22F2N2S/c2*1-26-13-16-14-29-30(19-9-7-18(27)8-10-19)23(16)12-17(26)6-11-22(26)25(28)21-15-31-24-5-3-2-4-20(21)24/h2*2-5,7-10,12,14-15,22,25H,6,11,13H2,1H3/t22-,25+,26+;22-,25-,26+/m11/s1. The van der Waals surface area contributed by atoms with Crippen LogP contribution in [0, 0.1) is 34.3 Å². The number of thiophene rings is 2. The van der Waals surface area contributed by atoms with Gasteiger partial charge in [0.15, 0.2) is 0 Å². The molecule has 0 saturated heterocycles. The van der Waals surface area contributed by atoms with Gasteiger partial charge in [0.05, 0.1) is 35.2 Å².